The van der Waals surface area contributed by atoms with E-state index in [0.717, 1.165) is 0 Å². The van der Waals surface area contributed by atoms with Crippen LogP contribution in [0.25, 0.3) is 0 Å². The van der Waals surface area contributed by atoms with Gasteiger partial charge in [0, 0.05) is 4.47 Å². The number of halogens is 1. The third-order valence-corrected chi connectivity index (χ3v) is 3.04. The molecule has 0 aliphatic carbocycles. The molecule has 20 heavy (non-hydrogen) atoms. The Morgan fingerprint density at radius 1 is 1.25 bits per heavy atom. The topological polar surface area (TPSA) is 116 Å². The Labute approximate surface area is 123 Å². The molecule has 0 spiro atoms. The van der Waals surface area contributed by atoms with Gasteiger partial charge in [0.2, 0.25) is 5.91 Å². The van der Waals surface area contributed by atoms with Crippen LogP contribution < -0.4 is 10.6 Å². The third-order valence-electron chi connectivity index (χ3n) is 2.34. The lowest BCUT2D eigenvalue weighted by Crippen LogP contribution is -2.47. The monoisotopic (exact) mass is 344 g/mol. The van der Waals surface area contributed by atoms with Crippen LogP contribution in [0.15, 0.2) is 28.7 Å². The molecule has 1 unspecified atom stereocenters. The molecule has 1 aromatic carbocycles. The van der Waals surface area contributed by atoms with Crippen LogP contribution in [0.1, 0.15) is 10.4 Å². The van der Waals surface area contributed by atoms with Gasteiger partial charge in [0.25, 0.3) is 5.91 Å². The molecule has 4 N–H and O–H groups in total. The minimum atomic E-state index is -1.39. The van der Waals surface area contributed by atoms with Crippen LogP contribution in [0.3, 0.4) is 0 Å². The number of rotatable bonds is 6. The van der Waals surface area contributed by atoms with Crippen molar-refractivity contribution < 1.29 is 24.6 Å². The Morgan fingerprint density at radius 3 is 2.45 bits per heavy atom. The number of aliphatic hydroxyl groups is 1. The lowest BCUT2D eigenvalue weighted by molar-refractivity contribution is -0.142. The largest absolute Gasteiger partial charge is 0.480 e. The molecule has 8 heteroatoms. The van der Waals surface area contributed by atoms with Gasteiger partial charge in [-0.1, -0.05) is 12.1 Å². The third kappa shape index (κ3) is 4.63. The van der Waals surface area contributed by atoms with Gasteiger partial charge in [0.05, 0.1) is 18.7 Å². The molecular formula is C12H13BrN2O5. The van der Waals surface area contributed by atoms with Crippen molar-refractivity contribution in [2.45, 2.75) is 6.04 Å². The second-order valence-corrected chi connectivity index (χ2v) is 4.66. The van der Waals surface area contributed by atoms with E-state index in [1.54, 1.807) is 24.3 Å². The molecule has 7 nitrogen and oxygen atoms in total. The zero-order valence-corrected chi connectivity index (χ0v) is 11.9. The van der Waals surface area contributed by atoms with Crippen LogP contribution in [0.2, 0.25) is 0 Å². The molecule has 0 aromatic heterocycles. The minimum absolute atomic E-state index is 0.359. The summed E-state index contributed by atoms with van der Waals surface area (Å²) in [6.07, 6.45) is 0. The van der Waals surface area contributed by atoms with E-state index in [-0.39, 0.29) is 6.54 Å². The van der Waals surface area contributed by atoms with E-state index >= 15 is 0 Å². The highest BCUT2D eigenvalue weighted by molar-refractivity contribution is 9.10. The first-order valence-corrected chi connectivity index (χ1v) is 6.40. The van der Waals surface area contributed by atoms with Crippen molar-refractivity contribution in [1.82, 2.24) is 10.6 Å². The van der Waals surface area contributed by atoms with Crippen molar-refractivity contribution in [1.29, 1.82) is 0 Å². The van der Waals surface area contributed by atoms with Gasteiger partial charge in [-0.3, -0.25) is 9.59 Å². The van der Waals surface area contributed by atoms with Crippen molar-refractivity contribution in [2.24, 2.45) is 0 Å². The SMILES string of the molecule is O=C(CNC(=O)c1ccccc1Br)NC(CO)C(=O)O. The van der Waals surface area contributed by atoms with Gasteiger partial charge in [-0.05, 0) is 28.1 Å². The number of aliphatic carboxylic acids is 1. The van der Waals surface area contributed by atoms with E-state index in [0.29, 0.717) is 10.0 Å². The highest BCUT2D eigenvalue weighted by Gasteiger charge is 2.19. The van der Waals surface area contributed by atoms with E-state index in [9.17, 15) is 14.4 Å². The number of carboxylic acid groups (broad SMARTS) is 1. The Morgan fingerprint density at radius 2 is 1.90 bits per heavy atom. The van der Waals surface area contributed by atoms with Crippen molar-refractivity contribution in [3.8, 4) is 0 Å². The number of aliphatic hydroxyl groups excluding tert-OH is 1. The van der Waals surface area contributed by atoms with Crippen molar-refractivity contribution in [2.75, 3.05) is 13.2 Å². The zero-order chi connectivity index (χ0) is 15.1. The molecule has 2 amide bonds. The minimum Gasteiger partial charge on any atom is -0.480 e. The molecule has 1 aromatic rings. The van der Waals surface area contributed by atoms with Gasteiger partial charge >= 0.3 is 5.97 Å². The lowest BCUT2D eigenvalue weighted by Gasteiger charge is -2.12. The van der Waals surface area contributed by atoms with Gasteiger partial charge in [0.15, 0.2) is 0 Å². The number of hydrogen-bond acceptors (Lipinski definition) is 4. The molecule has 0 aliphatic rings. The van der Waals surface area contributed by atoms with Gasteiger partial charge in [-0.25, -0.2) is 4.79 Å². The van der Waals surface area contributed by atoms with E-state index in [1.165, 1.54) is 0 Å². The maximum absolute atomic E-state index is 11.8. The van der Waals surface area contributed by atoms with Crippen LogP contribution in [0.4, 0.5) is 0 Å². The maximum Gasteiger partial charge on any atom is 0.328 e. The molecule has 1 rings (SSSR count). The number of carbonyl (C=O) groups excluding carboxylic acids is 2. The molecule has 108 valence electrons. The molecule has 0 bridgehead atoms. The molecular weight excluding hydrogens is 332 g/mol. The molecule has 0 saturated carbocycles. The first kappa shape index (κ1) is 16.1. The van der Waals surface area contributed by atoms with Crippen molar-refractivity contribution in [3.63, 3.8) is 0 Å². The van der Waals surface area contributed by atoms with Crippen molar-refractivity contribution >= 4 is 33.7 Å². The number of hydrogen-bond donors (Lipinski definition) is 4. The summed E-state index contributed by atoms with van der Waals surface area (Å²) in [7, 11) is 0. The lowest BCUT2D eigenvalue weighted by atomic mass is 10.2. The Kier molecular flexibility index (Phi) is 6.13. The normalized spacial score (nSPS) is 11.5. The number of nitrogens with one attached hydrogen (secondary N) is 2. The summed E-state index contributed by atoms with van der Waals surface area (Å²) in [5, 5.41) is 21.8. The maximum atomic E-state index is 11.8. The van der Waals surface area contributed by atoms with E-state index in [1.807, 2.05) is 0 Å². The van der Waals surface area contributed by atoms with Crippen molar-refractivity contribution in [3.05, 3.63) is 34.3 Å². The Bertz CT molecular complexity index is 520. The fourth-order valence-electron chi connectivity index (χ4n) is 1.33. The number of benzene rings is 1. The predicted molar refractivity (Wildman–Crippen MR) is 73.1 cm³/mol. The summed E-state index contributed by atoms with van der Waals surface area (Å²) in [5.74, 6) is -2.52. The average molecular weight is 345 g/mol. The summed E-state index contributed by atoms with van der Waals surface area (Å²) in [6, 6.07) is 5.28. The Balaban J connectivity index is 2.51. The van der Waals surface area contributed by atoms with Gasteiger partial charge in [-0.2, -0.15) is 0 Å². The number of carbonyl (C=O) groups is 3. The summed E-state index contributed by atoms with van der Waals surface area (Å²) >= 11 is 3.20. The van der Waals surface area contributed by atoms with Gasteiger partial charge in [-0.15, -0.1) is 0 Å². The fraction of sp³-hybridized carbons (Fsp3) is 0.250. The quantitative estimate of drug-likeness (QED) is 0.567. The summed E-state index contributed by atoms with van der Waals surface area (Å²) in [5.41, 5.74) is 0.359. The number of carboxylic acids is 1. The standard InChI is InChI=1S/C12H13BrN2O5/c13-8-4-2-1-3-7(8)11(18)14-5-10(17)15-9(6-16)12(19)20/h1-4,9,16H,5-6H2,(H,14,18)(H,15,17)(H,19,20). The first-order chi connectivity index (χ1) is 9.45. The highest BCUT2D eigenvalue weighted by atomic mass is 79.9. The van der Waals surface area contributed by atoms with Gasteiger partial charge < -0.3 is 20.8 Å². The molecule has 0 saturated heterocycles. The van der Waals surface area contributed by atoms with E-state index < -0.39 is 30.4 Å². The fourth-order valence-corrected chi connectivity index (χ4v) is 1.80. The molecule has 1 atom stereocenters. The first-order valence-electron chi connectivity index (χ1n) is 5.61. The van der Waals surface area contributed by atoms with Crippen LogP contribution >= 0.6 is 15.9 Å². The van der Waals surface area contributed by atoms with E-state index in [4.69, 9.17) is 10.2 Å². The van der Waals surface area contributed by atoms with Crippen LogP contribution in [-0.2, 0) is 9.59 Å². The molecule has 0 radical (unpaired) electrons. The summed E-state index contributed by atoms with van der Waals surface area (Å²) in [4.78, 5) is 33.8. The molecule has 0 heterocycles. The predicted octanol–water partition coefficient (Wildman–Crippen LogP) is -0.259. The van der Waals surface area contributed by atoms with Crippen LogP contribution in [0.5, 0.6) is 0 Å². The summed E-state index contributed by atoms with van der Waals surface area (Å²) < 4.78 is 0.580. The van der Waals surface area contributed by atoms with Gasteiger partial charge in [0.1, 0.15) is 6.04 Å². The smallest absolute Gasteiger partial charge is 0.328 e. The highest BCUT2D eigenvalue weighted by Crippen LogP contribution is 2.15. The average Bonchev–Trinajstić information content (AvgIpc) is 2.42. The second-order valence-electron chi connectivity index (χ2n) is 3.80. The van der Waals surface area contributed by atoms with Crippen LogP contribution in [-0.4, -0.2) is 47.2 Å². The second kappa shape index (κ2) is 7.61. The molecule has 0 aliphatic heterocycles. The van der Waals surface area contributed by atoms with Crippen LogP contribution in [0, 0.1) is 0 Å². The Hall–Kier alpha value is -1.93. The molecule has 0 fully saturated rings. The van der Waals surface area contributed by atoms with E-state index in [2.05, 4.69) is 26.6 Å². The number of amides is 2. The zero-order valence-electron chi connectivity index (χ0n) is 10.3. The summed E-state index contributed by atoms with van der Waals surface area (Å²) in [6.45, 7) is -1.11.